The van der Waals surface area contributed by atoms with E-state index in [-0.39, 0.29) is 5.54 Å². The van der Waals surface area contributed by atoms with E-state index in [0.29, 0.717) is 0 Å². The van der Waals surface area contributed by atoms with Crippen molar-refractivity contribution in [3.05, 3.63) is 0 Å². The molecule has 2 bridgehead atoms. The van der Waals surface area contributed by atoms with Gasteiger partial charge in [0, 0.05) is 6.04 Å². The van der Waals surface area contributed by atoms with Crippen molar-refractivity contribution in [1.82, 2.24) is 5.32 Å². The fraction of sp³-hybridized carbons (Fsp3) is 0.750. The van der Waals surface area contributed by atoms with Crippen LogP contribution in [-0.4, -0.2) is 11.6 Å². The lowest BCUT2D eigenvalue weighted by molar-refractivity contribution is 0.496. The monoisotopic (exact) mass is 121 g/mol. The summed E-state index contributed by atoms with van der Waals surface area (Å²) in [6.45, 7) is 0. The summed E-state index contributed by atoms with van der Waals surface area (Å²) in [5, 5.41) is 3.45. The number of rotatable bonds is 0. The van der Waals surface area contributed by atoms with Crippen LogP contribution in [0, 0.1) is 12.3 Å². The Kier molecular flexibility index (Phi) is 0.896. The number of hydrogen-bond donors (Lipinski definition) is 1. The molecule has 0 saturated carbocycles. The second kappa shape index (κ2) is 1.52. The highest BCUT2D eigenvalue weighted by atomic mass is 15.1. The molecule has 1 nitrogen and oxygen atoms in total. The first-order valence-electron chi connectivity index (χ1n) is 3.60. The van der Waals surface area contributed by atoms with Gasteiger partial charge in [0.2, 0.25) is 0 Å². The second-order valence-corrected chi connectivity index (χ2v) is 3.15. The highest BCUT2D eigenvalue weighted by Gasteiger charge is 2.42. The van der Waals surface area contributed by atoms with Crippen molar-refractivity contribution in [3.8, 4) is 12.3 Å². The summed E-state index contributed by atoms with van der Waals surface area (Å²) in [6.07, 6.45) is 10.4. The molecule has 2 aliphatic rings. The van der Waals surface area contributed by atoms with Crippen LogP contribution >= 0.6 is 0 Å². The number of hydrogen-bond acceptors (Lipinski definition) is 1. The minimum atomic E-state index is 0.130. The second-order valence-electron chi connectivity index (χ2n) is 3.15. The van der Waals surface area contributed by atoms with Crippen molar-refractivity contribution >= 4 is 0 Å². The zero-order valence-electron chi connectivity index (χ0n) is 5.48. The molecule has 2 fully saturated rings. The summed E-state index contributed by atoms with van der Waals surface area (Å²) in [5.74, 6) is 2.86. The standard InChI is InChI=1S/C8H11N/c1-2-8-5-3-7(9-8)4-6-8/h1,7,9H,3-6H2. The van der Waals surface area contributed by atoms with Crippen molar-refractivity contribution in [2.75, 3.05) is 0 Å². The maximum absolute atomic E-state index is 5.39. The first-order valence-corrected chi connectivity index (χ1v) is 3.60. The van der Waals surface area contributed by atoms with Crippen LogP contribution in [0.15, 0.2) is 0 Å². The van der Waals surface area contributed by atoms with E-state index < -0.39 is 0 Å². The minimum absolute atomic E-state index is 0.130. The topological polar surface area (TPSA) is 12.0 Å². The van der Waals surface area contributed by atoms with Crippen LogP contribution < -0.4 is 5.32 Å². The molecule has 0 atom stereocenters. The van der Waals surface area contributed by atoms with Crippen LogP contribution in [0.1, 0.15) is 25.7 Å². The Morgan fingerprint density at radius 2 is 2.11 bits per heavy atom. The maximum Gasteiger partial charge on any atom is 0.0801 e. The van der Waals surface area contributed by atoms with Gasteiger partial charge in [0.1, 0.15) is 0 Å². The van der Waals surface area contributed by atoms with Gasteiger partial charge >= 0.3 is 0 Å². The molecule has 0 aromatic heterocycles. The molecule has 1 heteroatoms. The van der Waals surface area contributed by atoms with Crippen molar-refractivity contribution in [2.24, 2.45) is 0 Å². The Bertz CT molecular complexity index is 158. The van der Waals surface area contributed by atoms with E-state index in [0.717, 1.165) is 6.04 Å². The molecular weight excluding hydrogens is 110 g/mol. The third-order valence-corrected chi connectivity index (χ3v) is 2.60. The number of nitrogens with one attached hydrogen (secondary N) is 1. The van der Waals surface area contributed by atoms with Crippen molar-refractivity contribution in [1.29, 1.82) is 0 Å². The minimum Gasteiger partial charge on any atom is -0.298 e. The molecule has 0 unspecified atom stereocenters. The smallest absolute Gasteiger partial charge is 0.0801 e. The predicted octanol–water partition coefficient (Wildman–Crippen LogP) is 0.904. The molecule has 0 aromatic rings. The van der Waals surface area contributed by atoms with Crippen LogP contribution in [0.5, 0.6) is 0 Å². The highest BCUT2D eigenvalue weighted by Crippen LogP contribution is 2.36. The van der Waals surface area contributed by atoms with E-state index in [1.54, 1.807) is 0 Å². The van der Waals surface area contributed by atoms with Gasteiger partial charge < -0.3 is 0 Å². The molecule has 1 N–H and O–H groups in total. The first kappa shape index (κ1) is 5.32. The normalized spacial score (nSPS) is 47.2. The molecule has 0 spiro atoms. The lowest BCUT2D eigenvalue weighted by Gasteiger charge is -2.17. The quantitative estimate of drug-likeness (QED) is 0.470. The van der Waals surface area contributed by atoms with Crippen LogP contribution in [0.25, 0.3) is 0 Å². The van der Waals surface area contributed by atoms with Crippen LogP contribution in [0.3, 0.4) is 0 Å². The zero-order valence-corrected chi connectivity index (χ0v) is 5.48. The summed E-state index contributed by atoms with van der Waals surface area (Å²) >= 11 is 0. The maximum atomic E-state index is 5.39. The molecule has 2 heterocycles. The summed E-state index contributed by atoms with van der Waals surface area (Å²) in [7, 11) is 0. The fourth-order valence-corrected chi connectivity index (χ4v) is 1.98. The van der Waals surface area contributed by atoms with Gasteiger partial charge in [0.05, 0.1) is 5.54 Å². The van der Waals surface area contributed by atoms with Gasteiger partial charge in [-0.2, -0.15) is 0 Å². The largest absolute Gasteiger partial charge is 0.298 e. The van der Waals surface area contributed by atoms with Gasteiger partial charge in [0.25, 0.3) is 0 Å². The van der Waals surface area contributed by atoms with Gasteiger partial charge in [-0.05, 0) is 25.7 Å². The van der Waals surface area contributed by atoms with Crippen molar-refractivity contribution in [2.45, 2.75) is 37.3 Å². The van der Waals surface area contributed by atoms with Crippen LogP contribution in [-0.2, 0) is 0 Å². The molecule has 0 aliphatic carbocycles. The summed E-state index contributed by atoms with van der Waals surface area (Å²) in [4.78, 5) is 0. The van der Waals surface area contributed by atoms with Crippen molar-refractivity contribution in [3.63, 3.8) is 0 Å². The van der Waals surface area contributed by atoms with E-state index in [9.17, 15) is 0 Å². The third kappa shape index (κ3) is 0.601. The number of fused-ring (bicyclic) bond motifs is 2. The van der Waals surface area contributed by atoms with E-state index in [2.05, 4.69) is 11.2 Å². The summed E-state index contributed by atoms with van der Waals surface area (Å²) in [5.41, 5.74) is 0.130. The van der Waals surface area contributed by atoms with Gasteiger partial charge in [-0.25, -0.2) is 0 Å². The van der Waals surface area contributed by atoms with E-state index >= 15 is 0 Å². The molecule has 2 saturated heterocycles. The van der Waals surface area contributed by atoms with Crippen LogP contribution in [0.2, 0.25) is 0 Å². The molecule has 48 valence electrons. The SMILES string of the molecule is C#CC12CCC(CC1)N2. The first-order chi connectivity index (χ1) is 4.35. The predicted molar refractivity (Wildman–Crippen MR) is 37.0 cm³/mol. The average molecular weight is 121 g/mol. The Morgan fingerprint density at radius 1 is 1.44 bits per heavy atom. The van der Waals surface area contributed by atoms with Gasteiger partial charge in [-0.15, -0.1) is 6.42 Å². The summed E-state index contributed by atoms with van der Waals surface area (Å²) < 4.78 is 0. The molecule has 0 radical (unpaired) electrons. The Balaban J connectivity index is 2.25. The van der Waals surface area contributed by atoms with E-state index in [4.69, 9.17) is 6.42 Å². The average Bonchev–Trinajstić information content (AvgIpc) is 2.46. The summed E-state index contributed by atoms with van der Waals surface area (Å²) in [6, 6.07) is 0.751. The molecule has 2 rings (SSSR count). The van der Waals surface area contributed by atoms with Crippen molar-refractivity contribution < 1.29 is 0 Å². The van der Waals surface area contributed by atoms with Gasteiger partial charge in [-0.1, -0.05) is 5.92 Å². The van der Waals surface area contributed by atoms with E-state index in [1.807, 2.05) is 0 Å². The lowest BCUT2D eigenvalue weighted by Crippen LogP contribution is -2.33. The Hall–Kier alpha value is -0.480. The van der Waals surface area contributed by atoms with Crippen LogP contribution in [0.4, 0.5) is 0 Å². The van der Waals surface area contributed by atoms with E-state index in [1.165, 1.54) is 25.7 Å². The molecule has 0 amide bonds. The number of terminal acetylenes is 1. The zero-order chi connectivity index (χ0) is 6.32. The molecule has 2 aliphatic heterocycles. The molecular formula is C8H11N. The highest BCUT2D eigenvalue weighted by molar-refractivity contribution is 5.20. The van der Waals surface area contributed by atoms with Gasteiger partial charge in [-0.3, -0.25) is 5.32 Å². The lowest BCUT2D eigenvalue weighted by atomic mass is 9.89. The molecule has 0 aromatic carbocycles. The molecule has 9 heavy (non-hydrogen) atoms. The third-order valence-electron chi connectivity index (χ3n) is 2.60. The Labute approximate surface area is 55.8 Å². The van der Waals surface area contributed by atoms with Gasteiger partial charge in [0.15, 0.2) is 0 Å². The Morgan fingerprint density at radius 3 is 2.33 bits per heavy atom. The fourth-order valence-electron chi connectivity index (χ4n) is 1.98.